The van der Waals surface area contributed by atoms with Gasteiger partial charge in [0.05, 0.1) is 12.7 Å². The Morgan fingerprint density at radius 2 is 1.77 bits per heavy atom. The van der Waals surface area contributed by atoms with Crippen LogP contribution in [-0.2, 0) is 17.6 Å². The average molecular weight is 316 g/mol. The minimum Gasteiger partial charge on any atom is -0.465 e. The topological polar surface area (TPSA) is 52.6 Å². The van der Waals surface area contributed by atoms with Gasteiger partial charge in [-0.3, -0.25) is 0 Å². The summed E-state index contributed by atoms with van der Waals surface area (Å²) in [5, 5.41) is 0. The first kappa shape index (κ1) is 14.8. The highest BCUT2D eigenvalue weighted by atomic mass is 32.1. The zero-order valence-electron chi connectivity index (χ0n) is 12.3. The zero-order valence-corrected chi connectivity index (χ0v) is 13.1. The van der Waals surface area contributed by atoms with Crippen LogP contribution in [0.2, 0.25) is 0 Å². The van der Waals surface area contributed by atoms with E-state index < -0.39 is 5.97 Å². The van der Waals surface area contributed by atoms with Crippen LogP contribution in [0.4, 0.5) is 0 Å². The number of hydrogen-bond acceptors (Lipinski definition) is 5. The summed E-state index contributed by atoms with van der Waals surface area (Å²) in [5.41, 5.74) is 1.71. The maximum absolute atomic E-state index is 12.2. The van der Waals surface area contributed by atoms with Crippen LogP contribution in [0.15, 0.2) is 30.3 Å². The van der Waals surface area contributed by atoms with Crippen molar-refractivity contribution in [1.29, 1.82) is 0 Å². The van der Waals surface area contributed by atoms with Crippen molar-refractivity contribution in [2.45, 2.75) is 25.7 Å². The minimum atomic E-state index is -0.413. The molecule has 1 aromatic heterocycles. The van der Waals surface area contributed by atoms with E-state index in [9.17, 15) is 9.59 Å². The van der Waals surface area contributed by atoms with Crippen LogP contribution < -0.4 is 4.74 Å². The summed E-state index contributed by atoms with van der Waals surface area (Å²) in [4.78, 5) is 25.5. The molecule has 5 heteroatoms. The second kappa shape index (κ2) is 6.32. The maximum atomic E-state index is 12.2. The number of esters is 2. The van der Waals surface area contributed by atoms with E-state index in [1.54, 1.807) is 24.3 Å². The lowest BCUT2D eigenvalue weighted by Crippen LogP contribution is -2.07. The van der Waals surface area contributed by atoms with Crippen molar-refractivity contribution in [3.63, 3.8) is 0 Å². The normalized spacial score (nSPS) is 13.3. The molecule has 0 saturated heterocycles. The Bertz CT molecular complexity index is 676. The van der Waals surface area contributed by atoms with Crippen molar-refractivity contribution in [2.75, 3.05) is 7.11 Å². The van der Waals surface area contributed by atoms with E-state index in [1.165, 1.54) is 41.7 Å². The Balaban J connectivity index is 1.71. The van der Waals surface area contributed by atoms with Crippen LogP contribution >= 0.6 is 11.3 Å². The summed E-state index contributed by atoms with van der Waals surface area (Å²) in [7, 11) is 1.33. The van der Waals surface area contributed by atoms with Crippen molar-refractivity contribution in [3.8, 4) is 5.75 Å². The van der Waals surface area contributed by atoms with Gasteiger partial charge in [0, 0.05) is 4.88 Å². The molecule has 0 amide bonds. The van der Waals surface area contributed by atoms with E-state index in [4.69, 9.17) is 4.74 Å². The van der Waals surface area contributed by atoms with Gasteiger partial charge in [0.15, 0.2) is 0 Å². The van der Waals surface area contributed by atoms with E-state index in [1.807, 2.05) is 6.07 Å². The Hall–Kier alpha value is -2.14. The predicted octanol–water partition coefficient (Wildman–Crippen LogP) is 3.63. The summed E-state index contributed by atoms with van der Waals surface area (Å²) >= 11 is 1.53. The molecule has 1 aliphatic carbocycles. The lowest BCUT2D eigenvalue weighted by Gasteiger charge is -2.08. The third-order valence-corrected chi connectivity index (χ3v) is 4.90. The number of carbonyl (C=O) groups is 2. The largest absolute Gasteiger partial charge is 0.465 e. The number of aryl methyl sites for hydroxylation is 2. The van der Waals surface area contributed by atoms with Crippen LogP contribution in [-0.4, -0.2) is 19.0 Å². The molecule has 1 aromatic carbocycles. The fourth-order valence-electron chi connectivity index (χ4n) is 2.53. The molecule has 1 aliphatic rings. The van der Waals surface area contributed by atoms with Gasteiger partial charge in [0.1, 0.15) is 10.6 Å². The monoisotopic (exact) mass is 316 g/mol. The quantitative estimate of drug-likeness (QED) is 0.641. The maximum Gasteiger partial charge on any atom is 0.353 e. The van der Waals surface area contributed by atoms with Crippen molar-refractivity contribution in [1.82, 2.24) is 0 Å². The molecule has 0 unspecified atom stereocenters. The van der Waals surface area contributed by atoms with Gasteiger partial charge in [-0.25, -0.2) is 9.59 Å². The minimum absolute atomic E-state index is 0.342. The first-order valence-corrected chi connectivity index (χ1v) is 8.01. The Morgan fingerprint density at radius 3 is 2.45 bits per heavy atom. The summed E-state index contributed by atoms with van der Waals surface area (Å²) in [5.74, 6) is -0.335. The van der Waals surface area contributed by atoms with Crippen LogP contribution in [0.25, 0.3) is 0 Å². The van der Waals surface area contributed by atoms with Crippen LogP contribution in [0.1, 0.15) is 43.3 Å². The van der Waals surface area contributed by atoms with E-state index in [0.717, 1.165) is 12.8 Å². The van der Waals surface area contributed by atoms with Gasteiger partial charge < -0.3 is 9.47 Å². The predicted molar refractivity (Wildman–Crippen MR) is 83.7 cm³/mol. The molecule has 0 aliphatic heterocycles. The van der Waals surface area contributed by atoms with Crippen molar-refractivity contribution >= 4 is 23.3 Å². The second-order valence-electron chi connectivity index (χ2n) is 5.17. The summed E-state index contributed by atoms with van der Waals surface area (Å²) < 4.78 is 9.99. The molecule has 1 heterocycles. The van der Waals surface area contributed by atoms with Gasteiger partial charge in [-0.2, -0.15) is 0 Å². The number of methoxy groups -OCH3 is 1. The molecule has 0 bridgehead atoms. The van der Waals surface area contributed by atoms with Crippen LogP contribution in [0.5, 0.6) is 5.75 Å². The molecular formula is C17H16O4S. The fourth-order valence-corrected chi connectivity index (χ4v) is 3.66. The average Bonchev–Trinajstić information content (AvgIpc) is 2.99. The molecule has 22 heavy (non-hydrogen) atoms. The molecule has 0 fully saturated rings. The standard InChI is InChI=1S/C17H16O4S/c1-20-16(18)11-6-8-13(9-7-11)21-17(19)15-10-12-4-2-3-5-14(12)22-15/h6-10H,2-5H2,1H3. The second-order valence-corrected chi connectivity index (χ2v) is 6.31. The number of rotatable bonds is 3. The number of benzene rings is 1. The van der Waals surface area contributed by atoms with Gasteiger partial charge in [-0.15, -0.1) is 11.3 Å². The van der Waals surface area contributed by atoms with Crippen LogP contribution in [0.3, 0.4) is 0 Å². The van der Waals surface area contributed by atoms with Gasteiger partial charge >= 0.3 is 11.9 Å². The molecule has 114 valence electrons. The highest BCUT2D eigenvalue weighted by Gasteiger charge is 2.18. The summed E-state index contributed by atoms with van der Waals surface area (Å²) in [6, 6.07) is 8.29. The van der Waals surface area contributed by atoms with Gasteiger partial charge in [0.25, 0.3) is 0 Å². The van der Waals surface area contributed by atoms with E-state index in [2.05, 4.69) is 4.74 Å². The van der Waals surface area contributed by atoms with Gasteiger partial charge in [0.2, 0.25) is 0 Å². The SMILES string of the molecule is COC(=O)c1ccc(OC(=O)c2cc3c(s2)CCCC3)cc1. The first-order valence-electron chi connectivity index (χ1n) is 7.19. The van der Waals surface area contributed by atoms with Crippen molar-refractivity contribution < 1.29 is 19.1 Å². The van der Waals surface area contributed by atoms with Crippen molar-refractivity contribution in [2.24, 2.45) is 0 Å². The highest BCUT2D eigenvalue weighted by molar-refractivity contribution is 7.14. The third kappa shape index (κ3) is 3.04. The molecule has 0 radical (unpaired) electrons. The molecule has 2 aromatic rings. The lowest BCUT2D eigenvalue weighted by atomic mass is 9.99. The lowest BCUT2D eigenvalue weighted by molar-refractivity contribution is 0.0600. The zero-order chi connectivity index (χ0) is 15.5. The number of hydrogen-bond donors (Lipinski definition) is 0. The summed E-state index contributed by atoms with van der Waals surface area (Å²) in [6.45, 7) is 0. The molecular weight excluding hydrogens is 300 g/mol. The number of thiophene rings is 1. The number of carbonyl (C=O) groups excluding carboxylic acids is 2. The molecule has 3 rings (SSSR count). The summed E-state index contributed by atoms with van der Waals surface area (Å²) in [6.07, 6.45) is 4.48. The highest BCUT2D eigenvalue weighted by Crippen LogP contribution is 2.30. The van der Waals surface area contributed by atoms with Crippen LogP contribution in [0, 0.1) is 0 Å². The number of ether oxygens (including phenoxy) is 2. The Labute approximate surface area is 132 Å². The van der Waals surface area contributed by atoms with Gasteiger partial charge in [-0.1, -0.05) is 0 Å². The Morgan fingerprint density at radius 1 is 1.05 bits per heavy atom. The van der Waals surface area contributed by atoms with Gasteiger partial charge in [-0.05, 0) is 61.6 Å². The van der Waals surface area contributed by atoms with E-state index >= 15 is 0 Å². The van der Waals surface area contributed by atoms with Crippen molar-refractivity contribution in [3.05, 3.63) is 51.2 Å². The molecule has 0 saturated carbocycles. The van der Waals surface area contributed by atoms with E-state index in [-0.39, 0.29) is 5.97 Å². The molecule has 4 nitrogen and oxygen atoms in total. The molecule has 0 N–H and O–H groups in total. The number of fused-ring (bicyclic) bond motifs is 1. The molecule has 0 spiro atoms. The first-order chi connectivity index (χ1) is 10.7. The molecule has 0 atom stereocenters. The Kier molecular flexibility index (Phi) is 4.24. The van der Waals surface area contributed by atoms with E-state index in [0.29, 0.717) is 16.2 Å². The third-order valence-electron chi connectivity index (χ3n) is 3.68. The smallest absolute Gasteiger partial charge is 0.353 e. The fraction of sp³-hybridized carbons (Fsp3) is 0.294.